The van der Waals surface area contributed by atoms with Crippen LogP contribution in [0.3, 0.4) is 0 Å². The molecule has 1 aliphatic carbocycles. The van der Waals surface area contributed by atoms with Gasteiger partial charge >= 0.3 is 0 Å². The predicted octanol–water partition coefficient (Wildman–Crippen LogP) is 4.67. The van der Waals surface area contributed by atoms with Gasteiger partial charge in [-0.3, -0.25) is 0 Å². The van der Waals surface area contributed by atoms with Crippen molar-refractivity contribution in [2.45, 2.75) is 51.5 Å². The van der Waals surface area contributed by atoms with E-state index in [0.29, 0.717) is 6.04 Å². The molecule has 0 N–H and O–H groups in total. The summed E-state index contributed by atoms with van der Waals surface area (Å²) in [5.41, 5.74) is 5.58. The van der Waals surface area contributed by atoms with Crippen LogP contribution in [0.5, 0.6) is 0 Å². The molecule has 0 atom stereocenters. The van der Waals surface area contributed by atoms with Crippen molar-refractivity contribution < 1.29 is 4.74 Å². The van der Waals surface area contributed by atoms with E-state index in [-0.39, 0.29) is 0 Å². The van der Waals surface area contributed by atoms with Crippen LogP contribution >= 0.6 is 0 Å². The average molecular weight is 293 g/mol. The number of benzene rings is 2. The van der Waals surface area contributed by atoms with E-state index >= 15 is 0 Å². The number of hydrogen-bond acceptors (Lipinski definition) is 2. The lowest BCUT2D eigenvalue weighted by Gasteiger charge is -2.32. The Morgan fingerprint density at radius 2 is 1.73 bits per heavy atom. The first-order valence-electron chi connectivity index (χ1n) is 8.41. The van der Waals surface area contributed by atoms with Crippen molar-refractivity contribution in [3.63, 3.8) is 0 Å². The van der Waals surface area contributed by atoms with Crippen molar-refractivity contribution >= 4 is 5.69 Å². The standard InChI is InChI=1S/C20H23NO/c1-2-9-18(10-3-1)21(19-11-4-5-12-19)13-16-7-6-8-17-14-22-15-20(16)17/h1-3,6-10,19H,4-5,11-15H2. The minimum absolute atomic E-state index is 0.681. The summed E-state index contributed by atoms with van der Waals surface area (Å²) in [4.78, 5) is 2.61. The largest absolute Gasteiger partial charge is 0.372 e. The topological polar surface area (TPSA) is 12.5 Å². The first-order valence-corrected chi connectivity index (χ1v) is 8.41. The number of ether oxygens (including phenoxy) is 1. The van der Waals surface area contributed by atoms with Gasteiger partial charge in [-0.1, -0.05) is 49.2 Å². The molecule has 1 fully saturated rings. The number of hydrogen-bond donors (Lipinski definition) is 0. The zero-order chi connectivity index (χ0) is 14.8. The summed E-state index contributed by atoms with van der Waals surface area (Å²) in [5, 5.41) is 0. The van der Waals surface area contributed by atoms with Crippen LogP contribution in [0.2, 0.25) is 0 Å². The van der Waals surface area contributed by atoms with E-state index in [1.807, 2.05) is 0 Å². The molecule has 2 aliphatic rings. The van der Waals surface area contributed by atoms with Gasteiger partial charge in [0.15, 0.2) is 0 Å². The Bertz CT molecular complexity index is 631. The Morgan fingerprint density at radius 3 is 2.55 bits per heavy atom. The molecule has 0 unspecified atom stereocenters. The summed E-state index contributed by atoms with van der Waals surface area (Å²) in [6.07, 6.45) is 5.37. The van der Waals surface area contributed by atoms with E-state index in [0.717, 1.165) is 19.8 Å². The molecule has 2 heteroatoms. The number of para-hydroxylation sites is 1. The maximum atomic E-state index is 5.65. The van der Waals surface area contributed by atoms with Gasteiger partial charge in [-0.15, -0.1) is 0 Å². The van der Waals surface area contributed by atoms with Crippen LogP contribution in [0.15, 0.2) is 48.5 Å². The molecule has 4 rings (SSSR count). The third kappa shape index (κ3) is 2.64. The van der Waals surface area contributed by atoms with Gasteiger partial charge in [0.25, 0.3) is 0 Å². The molecule has 1 heterocycles. The zero-order valence-electron chi connectivity index (χ0n) is 13.0. The highest BCUT2D eigenvalue weighted by Gasteiger charge is 2.24. The highest BCUT2D eigenvalue weighted by molar-refractivity contribution is 5.49. The number of fused-ring (bicyclic) bond motifs is 1. The third-order valence-corrected chi connectivity index (χ3v) is 5.07. The molecule has 0 amide bonds. The van der Waals surface area contributed by atoms with Crippen molar-refractivity contribution in [2.75, 3.05) is 4.90 Å². The highest BCUT2D eigenvalue weighted by atomic mass is 16.5. The van der Waals surface area contributed by atoms with Crippen molar-refractivity contribution in [2.24, 2.45) is 0 Å². The molecule has 0 saturated heterocycles. The zero-order valence-corrected chi connectivity index (χ0v) is 13.0. The van der Waals surface area contributed by atoms with Crippen molar-refractivity contribution in [3.05, 3.63) is 65.2 Å². The molecule has 2 aromatic carbocycles. The second-order valence-corrected chi connectivity index (χ2v) is 6.45. The van der Waals surface area contributed by atoms with E-state index < -0.39 is 0 Å². The molecule has 1 saturated carbocycles. The minimum Gasteiger partial charge on any atom is -0.372 e. The van der Waals surface area contributed by atoms with Gasteiger partial charge in [-0.05, 0) is 41.7 Å². The van der Waals surface area contributed by atoms with E-state index in [4.69, 9.17) is 4.74 Å². The summed E-state index contributed by atoms with van der Waals surface area (Å²) < 4.78 is 5.65. The second-order valence-electron chi connectivity index (χ2n) is 6.45. The Morgan fingerprint density at radius 1 is 0.909 bits per heavy atom. The van der Waals surface area contributed by atoms with Crippen LogP contribution in [0.1, 0.15) is 42.4 Å². The Labute approximate surface area is 132 Å². The van der Waals surface area contributed by atoms with Gasteiger partial charge in [-0.25, -0.2) is 0 Å². The molecular weight excluding hydrogens is 270 g/mol. The van der Waals surface area contributed by atoms with Gasteiger partial charge in [0, 0.05) is 18.3 Å². The summed E-state index contributed by atoms with van der Waals surface area (Å²) in [6, 6.07) is 18.2. The predicted molar refractivity (Wildman–Crippen MR) is 89.8 cm³/mol. The fourth-order valence-electron chi connectivity index (χ4n) is 3.87. The maximum Gasteiger partial charge on any atom is 0.0728 e. The lowest BCUT2D eigenvalue weighted by molar-refractivity contribution is 0.134. The molecule has 0 spiro atoms. The molecule has 2 nitrogen and oxygen atoms in total. The van der Waals surface area contributed by atoms with Gasteiger partial charge in [0.05, 0.1) is 13.2 Å². The van der Waals surface area contributed by atoms with Crippen LogP contribution < -0.4 is 4.90 Å². The van der Waals surface area contributed by atoms with E-state index in [1.54, 1.807) is 0 Å². The fraction of sp³-hybridized carbons (Fsp3) is 0.400. The van der Waals surface area contributed by atoms with Crippen LogP contribution in [0.25, 0.3) is 0 Å². The fourth-order valence-corrected chi connectivity index (χ4v) is 3.87. The summed E-state index contributed by atoms with van der Waals surface area (Å²) in [7, 11) is 0. The van der Waals surface area contributed by atoms with Gasteiger partial charge in [0.2, 0.25) is 0 Å². The molecular formula is C20H23NO. The van der Waals surface area contributed by atoms with E-state index in [2.05, 4.69) is 53.4 Å². The summed E-state index contributed by atoms with van der Waals surface area (Å²) in [5.74, 6) is 0. The minimum atomic E-state index is 0.681. The summed E-state index contributed by atoms with van der Waals surface area (Å²) in [6.45, 7) is 2.55. The van der Waals surface area contributed by atoms with Gasteiger partial charge < -0.3 is 9.64 Å². The molecule has 0 radical (unpaired) electrons. The quantitative estimate of drug-likeness (QED) is 0.812. The Kier molecular flexibility index (Phi) is 3.86. The first kappa shape index (κ1) is 13.8. The maximum absolute atomic E-state index is 5.65. The Balaban J connectivity index is 1.66. The van der Waals surface area contributed by atoms with Gasteiger partial charge in [-0.2, -0.15) is 0 Å². The average Bonchev–Trinajstić information content (AvgIpc) is 3.25. The van der Waals surface area contributed by atoms with Crippen molar-refractivity contribution in [1.82, 2.24) is 0 Å². The normalized spacial score (nSPS) is 17.6. The van der Waals surface area contributed by atoms with Crippen LogP contribution in [0.4, 0.5) is 5.69 Å². The van der Waals surface area contributed by atoms with E-state index in [9.17, 15) is 0 Å². The molecule has 2 aromatic rings. The third-order valence-electron chi connectivity index (χ3n) is 5.07. The number of rotatable bonds is 4. The van der Waals surface area contributed by atoms with Crippen molar-refractivity contribution in [3.8, 4) is 0 Å². The van der Waals surface area contributed by atoms with Gasteiger partial charge in [0.1, 0.15) is 0 Å². The number of nitrogens with zero attached hydrogens (tertiary/aromatic N) is 1. The van der Waals surface area contributed by atoms with Crippen molar-refractivity contribution in [1.29, 1.82) is 0 Å². The second kappa shape index (κ2) is 6.13. The molecule has 0 aromatic heterocycles. The van der Waals surface area contributed by atoms with Crippen LogP contribution in [-0.2, 0) is 24.5 Å². The lowest BCUT2D eigenvalue weighted by Crippen LogP contribution is -2.33. The number of anilines is 1. The lowest BCUT2D eigenvalue weighted by atomic mass is 10.0. The summed E-state index contributed by atoms with van der Waals surface area (Å²) >= 11 is 0. The molecule has 0 bridgehead atoms. The van der Waals surface area contributed by atoms with Crippen LogP contribution in [0, 0.1) is 0 Å². The first-order chi connectivity index (χ1) is 10.9. The molecule has 22 heavy (non-hydrogen) atoms. The monoisotopic (exact) mass is 293 g/mol. The SMILES string of the molecule is c1ccc(N(Cc2cccc3c2COC3)C2CCCC2)cc1. The van der Waals surface area contributed by atoms with Crippen LogP contribution in [-0.4, -0.2) is 6.04 Å². The smallest absolute Gasteiger partial charge is 0.0728 e. The molecule has 114 valence electrons. The Hall–Kier alpha value is -1.80. The van der Waals surface area contributed by atoms with E-state index in [1.165, 1.54) is 48.1 Å². The molecule has 1 aliphatic heterocycles. The highest BCUT2D eigenvalue weighted by Crippen LogP contribution is 2.32.